The van der Waals surface area contributed by atoms with Crippen LogP contribution in [0.4, 0.5) is 0 Å². The minimum Gasteiger partial charge on any atom is -0.324 e. The van der Waals surface area contributed by atoms with Crippen molar-refractivity contribution in [3.8, 4) is 0 Å². The quantitative estimate of drug-likeness (QED) is 0.841. The van der Waals surface area contributed by atoms with Crippen molar-refractivity contribution < 1.29 is 4.79 Å². The summed E-state index contributed by atoms with van der Waals surface area (Å²) in [5.41, 5.74) is -0.369. The van der Waals surface area contributed by atoms with Crippen molar-refractivity contribution in [3.05, 3.63) is 0 Å². The predicted molar refractivity (Wildman–Crippen MR) is 77.8 cm³/mol. The van der Waals surface area contributed by atoms with E-state index >= 15 is 0 Å². The van der Waals surface area contributed by atoms with Crippen molar-refractivity contribution in [1.29, 1.82) is 0 Å². The molecule has 0 aromatic rings. The van der Waals surface area contributed by atoms with E-state index in [0.29, 0.717) is 12.0 Å². The largest absolute Gasteiger partial charge is 0.324 e. The molecule has 4 heteroatoms. The molecule has 0 aromatic heterocycles. The summed E-state index contributed by atoms with van der Waals surface area (Å²) in [7, 11) is 2.18. The number of carbonyl (C=O) groups is 1. The monoisotopic (exact) mass is 267 g/mol. The van der Waals surface area contributed by atoms with Gasteiger partial charge in [0.1, 0.15) is 0 Å². The summed E-state index contributed by atoms with van der Waals surface area (Å²) in [5.74, 6) is 0.734. The third kappa shape index (κ3) is 2.65. The Morgan fingerprint density at radius 2 is 2.16 bits per heavy atom. The average Bonchev–Trinajstić information content (AvgIpc) is 2.87. The Morgan fingerprint density at radius 1 is 1.47 bits per heavy atom. The SMILES string of the molecule is CCC1(C)NC(C(C)C)N(CC2CCCN2C)C1=O. The molecule has 0 radical (unpaired) electrons. The number of likely N-dealkylation sites (tertiary alicyclic amines) is 1. The van der Waals surface area contributed by atoms with E-state index in [1.165, 1.54) is 12.8 Å². The summed E-state index contributed by atoms with van der Waals surface area (Å²) in [6, 6.07) is 0.534. The first-order chi connectivity index (χ1) is 8.89. The Balaban J connectivity index is 2.13. The topological polar surface area (TPSA) is 35.6 Å². The normalized spacial score (nSPS) is 36.7. The first-order valence-electron chi connectivity index (χ1n) is 7.68. The van der Waals surface area contributed by atoms with E-state index in [9.17, 15) is 4.79 Å². The maximum Gasteiger partial charge on any atom is 0.243 e. The number of rotatable bonds is 4. The second-order valence-electron chi connectivity index (χ2n) is 6.75. The van der Waals surface area contributed by atoms with Gasteiger partial charge in [0.2, 0.25) is 5.91 Å². The minimum atomic E-state index is -0.369. The van der Waals surface area contributed by atoms with Crippen molar-refractivity contribution in [3.63, 3.8) is 0 Å². The lowest BCUT2D eigenvalue weighted by atomic mass is 9.99. The van der Waals surface area contributed by atoms with Crippen molar-refractivity contribution in [2.75, 3.05) is 20.1 Å². The number of hydrogen-bond acceptors (Lipinski definition) is 3. The van der Waals surface area contributed by atoms with Crippen LogP contribution >= 0.6 is 0 Å². The first-order valence-corrected chi connectivity index (χ1v) is 7.68. The summed E-state index contributed by atoms with van der Waals surface area (Å²) in [6.07, 6.45) is 3.51. The molecular weight excluding hydrogens is 238 g/mol. The van der Waals surface area contributed by atoms with Gasteiger partial charge in [-0.25, -0.2) is 0 Å². The fourth-order valence-corrected chi connectivity index (χ4v) is 3.32. The molecule has 3 unspecified atom stereocenters. The van der Waals surface area contributed by atoms with Gasteiger partial charge >= 0.3 is 0 Å². The molecule has 0 aliphatic carbocycles. The van der Waals surface area contributed by atoms with E-state index in [1.807, 2.05) is 6.92 Å². The van der Waals surface area contributed by atoms with E-state index in [1.54, 1.807) is 0 Å². The highest BCUT2D eigenvalue weighted by atomic mass is 16.2. The fourth-order valence-electron chi connectivity index (χ4n) is 3.32. The van der Waals surface area contributed by atoms with Gasteiger partial charge in [0.05, 0.1) is 11.7 Å². The van der Waals surface area contributed by atoms with Crippen LogP contribution in [0.1, 0.15) is 47.0 Å². The zero-order valence-corrected chi connectivity index (χ0v) is 13.1. The number of nitrogens with one attached hydrogen (secondary N) is 1. The van der Waals surface area contributed by atoms with Gasteiger partial charge in [-0.2, -0.15) is 0 Å². The van der Waals surface area contributed by atoms with Crippen LogP contribution in [0.15, 0.2) is 0 Å². The molecule has 19 heavy (non-hydrogen) atoms. The molecule has 1 amide bonds. The molecule has 2 fully saturated rings. The molecule has 2 aliphatic rings. The molecule has 3 atom stereocenters. The third-order valence-corrected chi connectivity index (χ3v) is 4.95. The lowest BCUT2D eigenvalue weighted by Crippen LogP contribution is -2.47. The van der Waals surface area contributed by atoms with Crippen molar-refractivity contribution in [2.24, 2.45) is 5.92 Å². The summed E-state index contributed by atoms with van der Waals surface area (Å²) in [5, 5.41) is 3.56. The van der Waals surface area contributed by atoms with Gasteiger partial charge in [0.25, 0.3) is 0 Å². The summed E-state index contributed by atoms with van der Waals surface area (Å²) in [4.78, 5) is 17.2. The molecule has 0 spiro atoms. The summed E-state index contributed by atoms with van der Waals surface area (Å²) in [6.45, 7) is 10.6. The lowest BCUT2D eigenvalue weighted by Gasteiger charge is -2.31. The molecule has 1 N–H and O–H groups in total. The van der Waals surface area contributed by atoms with Crippen LogP contribution in [0, 0.1) is 5.92 Å². The number of amides is 1. The Bertz CT molecular complexity index is 344. The predicted octanol–water partition coefficient (Wildman–Crippen LogP) is 1.66. The molecule has 2 heterocycles. The van der Waals surface area contributed by atoms with Crippen LogP contribution in [-0.4, -0.2) is 53.6 Å². The van der Waals surface area contributed by atoms with Crippen LogP contribution in [0.2, 0.25) is 0 Å². The summed E-state index contributed by atoms with van der Waals surface area (Å²) >= 11 is 0. The van der Waals surface area contributed by atoms with Crippen LogP contribution in [0.3, 0.4) is 0 Å². The highest BCUT2D eigenvalue weighted by Crippen LogP contribution is 2.29. The van der Waals surface area contributed by atoms with E-state index in [-0.39, 0.29) is 17.6 Å². The highest BCUT2D eigenvalue weighted by molar-refractivity contribution is 5.88. The molecule has 0 bridgehead atoms. The standard InChI is InChI=1S/C15H29N3O/c1-6-15(4)14(19)18(13(16-15)11(2)3)10-12-8-7-9-17(12)5/h11-13,16H,6-10H2,1-5H3. The van der Waals surface area contributed by atoms with Crippen LogP contribution in [0.5, 0.6) is 0 Å². The Hall–Kier alpha value is -0.610. The molecular formula is C15H29N3O. The van der Waals surface area contributed by atoms with Gasteiger partial charge in [-0.15, -0.1) is 0 Å². The zero-order valence-electron chi connectivity index (χ0n) is 13.1. The summed E-state index contributed by atoms with van der Waals surface area (Å²) < 4.78 is 0. The second kappa shape index (κ2) is 5.41. The van der Waals surface area contributed by atoms with E-state index in [2.05, 4.69) is 42.9 Å². The van der Waals surface area contributed by atoms with Gasteiger partial charge in [-0.05, 0) is 45.7 Å². The number of hydrogen-bond donors (Lipinski definition) is 1. The molecule has 2 rings (SSSR count). The fraction of sp³-hybridized carbons (Fsp3) is 0.933. The highest BCUT2D eigenvalue weighted by Gasteiger charge is 2.48. The number of carbonyl (C=O) groups excluding carboxylic acids is 1. The van der Waals surface area contributed by atoms with Gasteiger partial charge in [0, 0.05) is 12.6 Å². The first kappa shape index (κ1) is 14.8. The van der Waals surface area contributed by atoms with Crippen molar-refractivity contribution in [2.45, 2.75) is 64.7 Å². The lowest BCUT2D eigenvalue weighted by molar-refractivity contribution is -0.134. The maximum atomic E-state index is 12.7. The van der Waals surface area contributed by atoms with Gasteiger partial charge < -0.3 is 9.80 Å². The molecule has 2 aliphatic heterocycles. The Morgan fingerprint density at radius 3 is 2.63 bits per heavy atom. The molecule has 110 valence electrons. The number of nitrogens with zero attached hydrogens (tertiary/aromatic N) is 2. The van der Waals surface area contributed by atoms with E-state index < -0.39 is 0 Å². The third-order valence-electron chi connectivity index (χ3n) is 4.95. The maximum absolute atomic E-state index is 12.7. The van der Waals surface area contributed by atoms with Crippen molar-refractivity contribution in [1.82, 2.24) is 15.1 Å². The smallest absolute Gasteiger partial charge is 0.243 e. The molecule has 2 saturated heterocycles. The molecule has 4 nitrogen and oxygen atoms in total. The van der Waals surface area contributed by atoms with Crippen LogP contribution < -0.4 is 5.32 Å². The van der Waals surface area contributed by atoms with E-state index in [4.69, 9.17) is 0 Å². The van der Waals surface area contributed by atoms with Crippen LogP contribution in [0.25, 0.3) is 0 Å². The molecule has 0 saturated carbocycles. The number of likely N-dealkylation sites (N-methyl/N-ethyl adjacent to an activating group) is 1. The van der Waals surface area contributed by atoms with E-state index in [0.717, 1.165) is 19.5 Å². The zero-order chi connectivity index (χ0) is 14.2. The van der Waals surface area contributed by atoms with Crippen molar-refractivity contribution >= 4 is 5.91 Å². The van der Waals surface area contributed by atoms with Crippen LogP contribution in [-0.2, 0) is 4.79 Å². The Labute approximate surface area is 117 Å². The Kier molecular flexibility index (Phi) is 4.21. The van der Waals surface area contributed by atoms with Gasteiger partial charge in [-0.3, -0.25) is 10.1 Å². The van der Waals surface area contributed by atoms with Gasteiger partial charge in [0.15, 0.2) is 0 Å². The molecule has 0 aromatic carbocycles. The van der Waals surface area contributed by atoms with Gasteiger partial charge in [-0.1, -0.05) is 20.8 Å². The minimum absolute atomic E-state index is 0.187. The average molecular weight is 267 g/mol. The second-order valence-corrected chi connectivity index (χ2v) is 6.75.